The summed E-state index contributed by atoms with van der Waals surface area (Å²) < 4.78 is 0. The van der Waals surface area contributed by atoms with Gasteiger partial charge in [-0.25, -0.2) is 0 Å². The number of likely N-dealkylation sites (N-methyl/N-ethyl adjacent to an activating group) is 1. The number of hydrogen-bond acceptors (Lipinski definition) is 2. The molecule has 1 aliphatic rings. The number of rotatable bonds is 1. The van der Waals surface area contributed by atoms with Crippen molar-refractivity contribution < 1.29 is 0 Å². The molecule has 1 aliphatic heterocycles. The number of H-pyrrole nitrogens is 1. The van der Waals surface area contributed by atoms with Gasteiger partial charge in [0.25, 0.3) is 0 Å². The van der Waals surface area contributed by atoms with Crippen molar-refractivity contribution in [3.63, 3.8) is 0 Å². The predicted molar refractivity (Wildman–Crippen MR) is 54.6 cm³/mol. The van der Waals surface area contributed by atoms with Crippen LogP contribution in [0, 0.1) is 0 Å². The van der Waals surface area contributed by atoms with Crippen LogP contribution in [0.25, 0.3) is 0 Å². The van der Waals surface area contributed by atoms with Gasteiger partial charge in [0.05, 0.1) is 6.20 Å². The first kappa shape index (κ1) is 10.3. The summed E-state index contributed by atoms with van der Waals surface area (Å²) in [5, 5.41) is 7.05. The van der Waals surface area contributed by atoms with Crippen molar-refractivity contribution in [2.75, 3.05) is 13.1 Å². The largest absolute Gasteiger partial charge is 0.299 e. The summed E-state index contributed by atoms with van der Waals surface area (Å²) in [6, 6.07) is 0. The van der Waals surface area contributed by atoms with E-state index in [1.54, 1.807) is 0 Å². The molecule has 1 aromatic heterocycles. The summed E-state index contributed by atoms with van der Waals surface area (Å²) in [6.07, 6.45) is 3.07. The normalized spacial score (nSPS) is 15.9. The number of nitrogens with one attached hydrogen (secondary N) is 1. The van der Waals surface area contributed by atoms with Crippen molar-refractivity contribution in [1.29, 1.82) is 0 Å². The molecule has 0 radical (unpaired) electrons. The van der Waals surface area contributed by atoms with Crippen molar-refractivity contribution in [2.45, 2.75) is 33.7 Å². The van der Waals surface area contributed by atoms with Crippen LogP contribution < -0.4 is 0 Å². The second kappa shape index (κ2) is 5.02. The molecule has 0 fully saturated rings. The maximum absolute atomic E-state index is 4.02. The number of nitrogens with zero attached hydrogens (tertiary/aromatic N) is 2. The van der Waals surface area contributed by atoms with Crippen molar-refractivity contribution >= 4 is 0 Å². The number of aromatic nitrogens is 2. The highest BCUT2D eigenvalue weighted by molar-refractivity contribution is 5.18. The molecule has 0 atom stereocenters. The Kier molecular flexibility index (Phi) is 3.96. The molecule has 2 heterocycles. The molecule has 74 valence electrons. The fourth-order valence-electron chi connectivity index (χ4n) is 1.55. The van der Waals surface area contributed by atoms with Gasteiger partial charge in [0, 0.05) is 30.8 Å². The van der Waals surface area contributed by atoms with Crippen molar-refractivity contribution in [3.8, 4) is 0 Å². The summed E-state index contributed by atoms with van der Waals surface area (Å²) in [5.74, 6) is 0. The van der Waals surface area contributed by atoms with Crippen molar-refractivity contribution in [1.82, 2.24) is 15.1 Å². The van der Waals surface area contributed by atoms with E-state index in [-0.39, 0.29) is 0 Å². The van der Waals surface area contributed by atoms with Gasteiger partial charge in [-0.3, -0.25) is 10.00 Å². The highest BCUT2D eigenvalue weighted by Crippen LogP contribution is 2.14. The molecule has 2 rings (SSSR count). The van der Waals surface area contributed by atoms with E-state index < -0.39 is 0 Å². The summed E-state index contributed by atoms with van der Waals surface area (Å²) in [7, 11) is 0. The Morgan fingerprint density at radius 1 is 1.54 bits per heavy atom. The maximum Gasteiger partial charge on any atom is 0.0535 e. The minimum Gasteiger partial charge on any atom is -0.299 e. The fraction of sp³-hybridized carbons (Fsp3) is 0.700. The summed E-state index contributed by atoms with van der Waals surface area (Å²) >= 11 is 0. The molecule has 13 heavy (non-hydrogen) atoms. The van der Waals surface area contributed by atoms with Gasteiger partial charge in [0.1, 0.15) is 0 Å². The second-order valence-corrected chi connectivity index (χ2v) is 2.99. The SMILES string of the molecule is CC.CCN1CCc2[nH]ncc2C1. The molecule has 0 bridgehead atoms. The van der Waals surface area contributed by atoms with Gasteiger partial charge >= 0.3 is 0 Å². The molecule has 1 N–H and O–H groups in total. The molecule has 3 nitrogen and oxygen atoms in total. The van der Waals surface area contributed by atoms with Crippen LogP contribution in [0.2, 0.25) is 0 Å². The first-order chi connectivity index (χ1) is 6.40. The van der Waals surface area contributed by atoms with E-state index in [4.69, 9.17) is 0 Å². The number of aromatic amines is 1. The van der Waals surface area contributed by atoms with Crippen LogP contribution in [0.3, 0.4) is 0 Å². The van der Waals surface area contributed by atoms with Gasteiger partial charge in [-0.15, -0.1) is 0 Å². The Hall–Kier alpha value is -0.830. The zero-order chi connectivity index (χ0) is 9.68. The van der Waals surface area contributed by atoms with Gasteiger partial charge in [0.15, 0.2) is 0 Å². The quantitative estimate of drug-likeness (QED) is 0.716. The van der Waals surface area contributed by atoms with E-state index in [0.29, 0.717) is 0 Å². The lowest BCUT2D eigenvalue weighted by Gasteiger charge is -2.24. The average Bonchev–Trinajstić information content (AvgIpc) is 2.67. The molecule has 0 amide bonds. The summed E-state index contributed by atoms with van der Waals surface area (Å²) in [6.45, 7) is 9.59. The number of hydrogen-bond donors (Lipinski definition) is 1. The monoisotopic (exact) mass is 181 g/mol. The van der Waals surface area contributed by atoms with Crippen LogP contribution in [-0.2, 0) is 13.0 Å². The average molecular weight is 181 g/mol. The second-order valence-electron chi connectivity index (χ2n) is 2.99. The molecule has 0 aromatic carbocycles. The zero-order valence-electron chi connectivity index (χ0n) is 8.80. The summed E-state index contributed by atoms with van der Waals surface area (Å²) in [4.78, 5) is 2.43. The first-order valence-electron chi connectivity index (χ1n) is 5.13. The van der Waals surface area contributed by atoms with Crippen LogP contribution in [0.15, 0.2) is 6.20 Å². The third-order valence-electron chi connectivity index (χ3n) is 2.33. The van der Waals surface area contributed by atoms with Crippen LogP contribution in [0.5, 0.6) is 0 Å². The molecule has 0 saturated carbocycles. The highest BCUT2D eigenvalue weighted by atomic mass is 15.2. The summed E-state index contributed by atoms with van der Waals surface area (Å²) in [5.41, 5.74) is 2.70. The first-order valence-corrected chi connectivity index (χ1v) is 5.13. The maximum atomic E-state index is 4.02. The predicted octanol–water partition coefficient (Wildman–Crippen LogP) is 1.81. The van der Waals surface area contributed by atoms with Gasteiger partial charge < -0.3 is 0 Å². The van der Waals surface area contributed by atoms with Gasteiger partial charge in [0.2, 0.25) is 0 Å². The lowest BCUT2D eigenvalue weighted by Crippen LogP contribution is -2.29. The van der Waals surface area contributed by atoms with Crippen molar-refractivity contribution in [2.24, 2.45) is 0 Å². The van der Waals surface area contributed by atoms with Gasteiger partial charge in [-0.05, 0) is 6.54 Å². The minimum atomic E-state index is 1.07. The van der Waals surface area contributed by atoms with Crippen LogP contribution in [0.4, 0.5) is 0 Å². The fourth-order valence-corrected chi connectivity index (χ4v) is 1.55. The molecule has 0 unspecified atom stereocenters. The lowest BCUT2D eigenvalue weighted by atomic mass is 10.1. The smallest absolute Gasteiger partial charge is 0.0535 e. The Labute approximate surface area is 80.1 Å². The van der Waals surface area contributed by atoms with E-state index in [1.165, 1.54) is 17.8 Å². The Bertz CT molecular complexity index is 242. The van der Waals surface area contributed by atoms with Gasteiger partial charge in [-0.2, -0.15) is 5.10 Å². The van der Waals surface area contributed by atoms with E-state index in [2.05, 4.69) is 22.0 Å². The Morgan fingerprint density at radius 2 is 2.31 bits per heavy atom. The molecular weight excluding hydrogens is 162 g/mol. The van der Waals surface area contributed by atoms with Crippen molar-refractivity contribution in [3.05, 3.63) is 17.5 Å². The van der Waals surface area contributed by atoms with Crippen LogP contribution >= 0.6 is 0 Å². The van der Waals surface area contributed by atoms with Crippen LogP contribution in [-0.4, -0.2) is 28.2 Å². The third-order valence-corrected chi connectivity index (χ3v) is 2.33. The molecule has 0 spiro atoms. The van der Waals surface area contributed by atoms with E-state index >= 15 is 0 Å². The lowest BCUT2D eigenvalue weighted by molar-refractivity contribution is 0.267. The standard InChI is InChI=1S/C8H13N3.C2H6/c1-2-11-4-3-8-7(6-11)5-9-10-8;1-2/h5H,2-4,6H2,1H3,(H,9,10);1-2H3. The minimum absolute atomic E-state index is 1.07. The van der Waals surface area contributed by atoms with E-state index in [9.17, 15) is 0 Å². The van der Waals surface area contributed by atoms with E-state index in [0.717, 1.165) is 19.5 Å². The zero-order valence-corrected chi connectivity index (χ0v) is 8.80. The van der Waals surface area contributed by atoms with Crippen LogP contribution in [0.1, 0.15) is 32.0 Å². The molecular formula is C10H19N3. The molecule has 0 aliphatic carbocycles. The van der Waals surface area contributed by atoms with Gasteiger partial charge in [-0.1, -0.05) is 20.8 Å². The molecule has 1 aromatic rings. The highest BCUT2D eigenvalue weighted by Gasteiger charge is 2.15. The number of fused-ring (bicyclic) bond motifs is 1. The third kappa shape index (κ3) is 2.31. The Morgan fingerprint density at radius 3 is 3.00 bits per heavy atom. The molecule has 0 saturated heterocycles. The topological polar surface area (TPSA) is 31.9 Å². The molecule has 3 heteroatoms. The van der Waals surface area contributed by atoms with E-state index in [1.807, 2.05) is 20.0 Å². The Balaban J connectivity index is 0.000000396.